The van der Waals surface area contributed by atoms with E-state index >= 15 is 0 Å². The predicted octanol–water partition coefficient (Wildman–Crippen LogP) is 2.68. The second-order valence-electron chi connectivity index (χ2n) is 7.68. The van der Waals surface area contributed by atoms with E-state index in [1.165, 1.54) is 0 Å². The molecule has 1 aromatic carbocycles. The van der Waals surface area contributed by atoms with Gasteiger partial charge in [0.05, 0.1) is 4.90 Å². The van der Waals surface area contributed by atoms with E-state index in [1.807, 2.05) is 18.3 Å². The average molecular weight is 401 g/mol. The van der Waals surface area contributed by atoms with Gasteiger partial charge in [-0.05, 0) is 49.7 Å². The number of anilines is 1. The van der Waals surface area contributed by atoms with E-state index in [9.17, 15) is 8.42 Å². The van der Waals surface area contributed by atoms with Crippen LogP contribution in [0.25, 0.3) is 11.1 Å². The Bertz CT molecular complexity index is 883. The first-order valence-electron chi connectivity index (χ1n) is 10.0. The van der Waals surface area contributed by atoms with Crippen molar-refractivity contribution < 1.29 is 8.42 Å². The number of hydrogen-bond donors (Lipinski definition) is 0. The molecule has 2 aromatic rings. The summed E-state index contributed by atoms with van der Waals surface area (Å²) in [6, 6.07) is 11.3. The molecule has 2 saturated heterocycles. The predicted molar refractivity (Wildman–Crippen MR) is 112 cm³/mol. The molecule has 1 aromatic heterocycles. The van der Waals surface area contributed by atoms with Gasteiger partial charge in [0.1, 0.15) is 5.82 Å². The minimum absolute atomic E-state index is 0.375. The van der Waals surface area contributed by atoms with Crippen LogP contribution in [0.15, 0.2) is 47.5 Å². The van der Waals surface area contributed by atoms with Crippen molar-refractivity contribution >= 4 is 15.8 Å². The highest BCUT2D eigenvalue weighted by atomic mass is 32.2. The molecule has 0 saturated carbocycles. The van der Waals surface area contributed by atoms with Crippen LogP contribution in [-0.2, 0) is 10.0 Å². The van der Waals surface area contributed by atoms with Crippen LogP contribution in [0.5, 0.6) is 0 Å². The lowest BCUT2D eigenvalue weighted by Crippen LogP contribution is -2.44. The van der Waals surface area contributed by atoms with E-state index in [0.29, 0.717) is 18.0 Å². The molecule has 2 aliphatic heterocycles. The van der Waals surface area contributed by atoms with Gasteiger partial charge < -0.3 is 9.80 Å². The van der Waals surface area contributed by atoms with Crippen LogP contribution >= 0.6 is 0 Å². The summed E-state index contributed by atoms with van der Waals surface area (Å²) < 4.78 is 27.2. The largest absolute Gasteiger partial charge is 0.354 e. The summed E-state index contributed by atoms with van der Waals surface area (Å²) in [6.45, 7) is 5.34. The zero-order valence-electron chi connectivity index (χ0n) is 16.4. The standard InChI is InChI=1S/C21H28N4O2S/c1-23-13-15-24(16-14-23)21-10-7-19(17-22-21)18-5-8-20(9-6-18)28(26,27)25-11-3-2-4-12-25/h5-10,17H,2-4,11-16H2,1H3. The van der Waals surface area contributed by atoms with Crippen molar-refractivity contribution in [1.82, 2.24) is 14.2 Å². The van der Waals surface area contributed by atoms with Crippen LogP contribution in [0, 0.1) is 0 Å². The fraction of sp³-hybridized carbons (Fsp3) is 0.476. The van der Waals surface area contributed by atoms with Gasteiger partial charge in [-0.15, -0.1) is 0 Å². The highest BCUT2D eigenvalue weighted by Crippen LogP contribution is 2.25. The zero-order chi connectivity index (χ0) is 19.6. The summed E-state index contributed by atoms with van der Waals surface area (Å²) in [7, 11) is -1.24. The second kappa shape index (κ2) is 8.19. The molecule has 0 radical (unpaired) electrons. The van der Waals surface area contributed by atoms with Gasteiger partial charge in [0.2, 0.25) is 10.0 Å². The van der Waals surface area contributed by atoms with Crippen molar-refractivity contribution in [2.75, 3.05) is 51.2 Å². The Morgan fingerprint density at radius 1 is 0.786 bits per heavy atom. The number of piperazine rings is 1. The van der Waals surface area contributed by atoms with Crippen LogP contribution in [0.3, 0.4) is 0 Å². The molecule has 6 nitrogen and oxygen atoms in total. The van der Waals surface area contributed by atoms with E-state index in [0.717, 1.165) is 62.4 Å². The molecule has 28 heavy (non-hydrogen) atoms. The molecule has 0 spiro atoms. The van der Waals surface area contributed by atoms with E-state index in [1.54, 1.807) is 16.4 Å². The Morgan fingerprint density at radius 2 is 1.43 bits per heavy atom. The molecule has 0 bridgehead atoms. The summed E-state index contributed by atoms with van der Waals surface area (Å²) >= 11 is 0. The summed E-state index contributed by atoms with van der Waals surface area (Å²) in [5.74, 6) is 1.00. The van der Waals surface area contributed by atoms with E-state index < -0.39 is 10.0 Å². The smallest absolute Gasteiger partial charge is 0.243 e. The highest BCUT2D eigenvalue weighted by molar-refractivity contribution is 7.89. The molecule has 0 N–H and O–H groups in total. The minimum Gasteiger partial charge on any atom is -0.354 e. The number of aromatic nitrogens is 1. The first-order chi connectivity index (χ1) is 13.5. The molecule has 150 valence electrons. The fourth-order valence-corrected chi connectivity index (χ4v) is 5.37. The molecule has 3 heterocycles. The number of rotatable bonds is 4. The van der Waals surface area contributed by atoms with Crippen molar-refractivity contribution in [3.05, 3.63) is 42.6 Å². The van der Waals surface area contributed by atoms with Gasteiger partial charge in [-0.3, -0.25) is 0 Å². The lowest BCUT2D eigenvalue weighted by Gasteiger charge is -2.33. The van der Waals surface area contributed by atoms with Crippen molar-refractivity contribution in [2.24, 2.45) is 0 Å². The van der Waals surface area contributed by atoms with Crippen LogP contribution in [0.4, 0.5) is 5.82 Å². The fourth-order valence-electron chi connectivity index (χ4n) is 3.85. The molecule has 4 rings (SSSR count). The Labute approximate surface area is 167 Å². The number of piperidine rings is 1. The number of nitrogens with zero attached hydrogens (tertiary/aromatic N) is 4. The maximum Gasteiger partial charge on any atom is 0.243 e. The monoisotopic (exact) mass is 400 g/mol. The van der Waals surface area contributed by atoms with E-state index in [4.69, 9.17) is 0 Å². The van der Waals surface area contributed by atoms with Gasteiger partial charge in [-0.1, -0.05) is 18.6 Å². The van der Waals surface area contributed by atoms with Gasteiger partial charge >= 0.3 is 0 Å². The van der Waals surface area contributed by atoms with E-state index in [2.05, 4.69) is 34.0 Å². The van der Waals surface area contributed by atoms with Gasteiger partial charge in [0, 0.05) is 51.0 Å². The van der Waals surface area contributed by atoms with Gasteiger partial charge in [-0.25, -0.2) is 13.4 Å². The molecular formula is C21H28N4O2S. The van der Waals surface area contributed by atoms with Crippen molar-refractivity contribution in [3.63, 3.8) is 0 Å². The topological polar surface area (TPSA) is 56.8 Å². The SMILES string of the molecule is CN1CCN(c2ccc(-c3ccc(S(=O)(=O)N4CCCCC4)cc3)cn2)CC1. The summed E-state index contributed by atoms with van der Waals surface area (Å²) in [4.78, 5) is 9.63. The zero-order valence-corrected chi connectivity index (χ0v) is 17.2. The maximum absolute atomic E-state index is 12.8. The van der Waals surface area contributed by atoms with Gasteiger partial charge in [0.15, 0.2) is 0 Å². The molecule has 2 aliphatic rings. The number of sulfonamides is 1. The lowest BCUT2D eigenvalue weighted by atomic mass is 10.1. The third-order valence-corrected chi connectivity index (χ3v) is 7.63. The third kappa shape index (κ3) is 4.06. The minimum atomic E-state index is -3.38. The molecule has 7 heteroatoms. The summed E-state index contributed by atoms with van der Waals surface area (Å²) in [5, 5.41) is 0. The number of likely N-dealkylation sites (N-methyl/N-ethyl adjacent to an activating group) is 1. The number of pyridine rings is 1. The van der Waals surface area contributed by atoms with Crippen molar-refractivity contribution in [1.29, 1.82) is 0 Å². The average Bonchev–Trinajstić information content (AvgIpc) is 2.75. The maximum atomic E-state index is 12.8. The normalized spacial score (nSPS) is 19.7. The molecule has 2 fully saturated rings. The van der Waals surface area contributed by atoms with Crippen LogP contribution in [0.2, 0.25) is 0 Å². The lowest BCUT2D eigenvalue weighted by molar-refractivity contribution is 0.312. The van der Waals surface area contributed by atoms with Crippen molar-refractivity contribution in [2.45, 2.75) is 24.2 Å². The summed E-state index contributed by atoms with van der Waals surface area (Å²) in [6.07, 6.45) is 4.88. The Morgan fingerprint density at radius 3 is 2.04 bits per heavy atom. The van der Waals surface area contributed by atoms with E-state index in [-0.39, 0.29) is 0 Å². The molecule has 0 aliphatic carbocycles. The number of benzene rings is 1. The Hall–Kier alpha value is -1.96. The Balaban J connectivity index is 1.48. The first-order valence-corrected chi connectivity index (χ1v) is 11.5. The van der Waals surface area contributed by atoms with Crippen LogP contribution in [0.1, 0.15) is 19.3 Å². The van der Waals surface area contributed by atoms with Crippen molar-refractivity contribution in [3.8, 4) is 11.1 Å². The Kier molecular flexibility index (Phi) is 5.66. The highest BCUT2D eigenvalue weighted by Gasteiger charge is 2.25. The quantitative estimate of drug-likeness (QED) is 0.790. The molecule has 0 unspecified atom stereocenters. The molecular weight excluding hydrogens is 372 g/mol. The number of hydrogen-bond acceptors (Lipinski definition) is 5. The summed E-state index contributed by atoms with van der Waals surface area (Å²) in [5.41, 5.74) is 1.98. The first kappa shape index (κ1) is 19.4. The molecule has 0 atom stereocenters. The van der Waals surface area contributed by atoms with Crippen LogP contribution < -0.4 is 4.90 Å². The van der Waals surface area contributed by atoms with Crippen LogP contribution in [-0.4, -0.2) is 68.9 Å². The van der Waals surface area contributed by atoms with Gasteiger partial charge in [-0.2, -0.15) is 4.31 Å². The van der Waals surface area contributed by atoms with Gasteiger partial charge in [0.25, 0.3) is 0 Å². The second-order valence-corrected chi connectivity index (χ2v) is 9.62. The molecule has 0 amide bonds. The third-order valence-electron chi connectivity index (χ3n) is 5.72.